The second-order valence-corrected chi connectivity index (χ2v) is 6.21. The molecule has 126 valence electrons. The van der Waals surface area contributed by atoms with Crippen molar-refractivity contribution in [3.05, 3.63) is 83.9 Å². The largest absolute Gasteiger partial charge is 0.388 e. The fourth-order valence-electron chi connectivity index (χ4n) is 3.30. The molecule has 0 saturated heterocycles. The van der Waals surface area contributed by atoms with Gasteiger partial charge in [0.1, 0.15) is 5.69 Å². The molecule has 2 aromatic carbocycles. The highest BCUT2D eigenvalue weighted by Crippen LogP contribution is 2.27. The smallest absolute Gasteiger partial charge is 0.272 e. The summed E-state index contributed by atoms with van der Waals surface area (Å²) in [6.07, 6.45) is 3.25. The zero-order valence-corrected chi connectivity index (χ0v) is 13.7. The van der Waals surface area contributed by atoms with Gasteiger partial charge >= 0.3 is 0 Å². The lowest BCUT2D eigenvalue weighted by Crippen LogP contribution is -2.32. The summed E-state index contributed by atoms with van der Waals surface area (Å²) in [7, 11) is 0. The number of carbonyl (C=O) groups excluding carboxylic acids is 1. The Kier molecular flexibility index (Phi) is 4.07. The van der Waals surface area contributed by atoms with Crippen LogP contribution in [0.4, 0.5) is 0 Å². The fraction of sp³-hybridized carbons (Fsp3) is 0.200. The van der Waals surface area contributed by atoms with Gasteiger partial charge in [0.15, 0.2) is 0 Å². The molecular formula is C20H19N3O2. The SMILES string of the molecule is O=C(c1cncn1-c1ccccc1)N1CCC(O)c2ccccc2C1. The number of carbonyl (C=O) groups is 1. The van der Waals surface area contributed by atoms with Crippen molar-refractivity contribution >= 4 is 5.91 Å². The maximum Gasteiger partial charge on any atom is 0.272 e. The van der Waals surface area contributed by atoms with Gasteiger partial charge in [-0.1, -0.05) is 42.5 Å². The lowest BCUT2D eigenvalue weighted by Gasteiger charge is -2.21. The molecule has 2 heterocycles. The van der Waals surface area contributed by atoms with Crippen molar-refractivity contribution in [2.75, 3.05) is 6.54 Å². The Bertz CT molecular complexity index is 889. The lowest BCUT2D eigenvalue weighted by molar-refractivity contribution is 0.0715. The Balaban J connectivity index is 1.66. The van der Waals surface area contributed by atoms with E-state index in [1.54, 1.807) is 22.0 Å². The zero-order valence-electron chi connectivity index (χ0n) is 13.7. The monoisotopic (exact) mass is 333 g/mol. The number of rotatable bonds is 2. The number of imidazole rings is 1. The third-order valence-corrected chi connectivity index (χ3v) is 4.63. The van der Waals surface area contributed by atoms with Crippen LogP contribution in [0.1, 0.15) is 34.1 Å². The van der Waals surface area contributed by atoms with Crippen molar-refractivity contribution in [2.45, 2.75) is 19.1 Å². The Morgan fingerprint density at radius 1 is 1.08 bits per heavy atom. The number of benzene rings is 2. The van der Waals surface area contributed by atoms with Crippen molar-refractivity contribution in [3.63, 3.8) is 0 Å². The molecule has 0 radical (unpaired) electrons. The molecule has 1 atom stereocenters. The predicted molar refractivity (Wildman–Crippen MR) is 94.3 cm³/mol. The van der Waals surface area contributed by atoms with Gasteiger partial charge in [-0.15, -0.1) is 0 Å². The van der Waals surface area contributed by atoms with E-state index in [1.165, 1.54) is 0 Å². The van der Waals surface area contributed by atoms with Crippen LogP contribution in [0.5, 0.6) is 0 Å². The van der Waals surface area contributed by atoms with Gasteiger partial charge in [-0.3, -0.25) is 9.36 Å². The van der Waals surface area contributed by atoms with Crippen molar-refractivity contribution in [2.24, 2.45) is 0 Å². The Labute approximate surface area is 146 Å². The third kappa shape index (κ3) is 2.94. The van der Waals surface area contributed by atoms with Gasteiger partial charge in [-0.05, 0) is 29.7 Å². The van der Waals surface area contributed by atoms with E-state index in [0.29, 0.717) is 25.2 Å². The van der Waals surface area contributed by atoms with Gasteiger partial charge in [0.2, 0.25) is 0 Å². The quantitative estimate of drug-likeness (QED) is 0.784. The number of amides is 1. The first-order chi connectivity index (χ1) is 12.2. The first kappa shape index (κ1) is 15.6. The van der Waals surface area contributed by atoms with Crippen LogP contribution in [0.2, 0.25) is 0 Å². The van der Waals surface area contributed by atoms with Crippen molar-refractivity contribution in [1.82, 2.24) is 14.5 Å². The number of aliphatic hydroxyl groups excluding tert-OH is 1. The van der Waals surface area contributed by atoms with Gasteiger partial charge in [0.05, 0.1) is 18.6 Å². The molecule has 0 saturated carbocycles. The van der Waals surface area contributed by atoms with Crippen molar-refractivity contribution in [3.8, 4) is 5.69 Å². The molecule has 5 nitrogen and oxygen atoms in total. The van der Waals surface area contributed by atoms with E-state index in [9.17, 15) is 9.90 Å². The van der Waals surface area contributed by atoms with Crippen LogP contribution in [0.25, 0.3) is 5.69 Å². The molecule has 1 N–H and O–H groups in total. The second kappa shape index (κ2) is 6.53. The van der Waals surface area contributed by atoms with Gasteiger partial charge < -0.3 is 10.0 Å². The van der Waals surface area contributed by atoms with Crippen molar-refractivity contribution in [1.29, 1.82) is 0 Å². The number of hydrogen-bond acceptors (Lipinski definition) is 3. The van der Waals surface area contributed by atoms with E-state index >= 15 is 0 Å². The molecule has 0 fully saturated rings. The molecule has 1 aromatic heterocycles. The molecule has 1 aliphatic heterocycles. The highest BCUT2D eigenvalue weighted by atomic mass is 16.3. The minimum atomic E-state index is -0.534. The van der Waals surface area contributed by atoms with E-state index in [0.717, 1.165) is 16.8 Å². The van der Waals surface area contributed by atoms with Crippen LogP contribution in [0, 0.1) is 0 Å². The van der Waals surface area contributed by atoms with Gasteiger partial charge in [0, 0.05) is 18.8 Å². The first-order valence-electron chi connectivity index (χ1n) is 8.37. The van der Waals surface area contributed by atoms with Gasteiger partial charge in [-0.2, -0.15) is 0 Å². The summed E-state index contributed by atoms with van der Waals surface area (Å²) in [5.41, 5.74) is 3.33. The number of aliphatic hydroxyl groups is 1. The maximum absolute atomic E-state index is 13.1. The maximum atomic E-state index is 13.1. The van der Waals surface area contributed by atoms with Crippen LogP contribution in [0.3, 0.4) is 0 Å². The first-order valence-corrected chi connectivity index (χ1v) is 8.37. The van der Waals surface area contributed by atoms with Crippen LogP contribution < -0.4 is 0 Å². The molecule has 1 unspecified atom stereocenters. The summed E-state index contributed by atoms with van der Waals surface area (Å²) in [5, 5.41) is 10.3. The Morgan fingerprint density at radius 2 is 1.84 bits per heavy atom. The zero-order chi connectivity index (χ0) is 17.2. The summed E-state index contributed by atoms with van der Waals surface area (Å²) in [4.78, 5) is 19.1. The van der Waals surface area contributed by atoms with Crippen molar-refractivity contribution < 1.29 is 9.90 Å². The molecule has 3 aromatic rings. The standard InChI is InChI=1S/C20H19N3O2/c24-19-10-11-22(13-15-6-4-5-9-17(15)19)20(25)18-12-21-14-23(18)16-7-2-1-3-8-16/h1-9,12,14,19,24H,10-11,13H2. The van der Waals surface area contributed by atoms with Crippen LogP contribution in [-0.2, 0) is 6.54 Å². The normalized spacial score (nSPS) is 17.0. The number of para-hydroxylation sites is 1. The molecule has 0 spiro atoms. The summed E-state index contributed by atoms with van der Waals surface area (Å²) in [6.45, 7) is 1.00. The third-order valence-electron chi connectivity index (χ3n) is 4.63. The molecule has 4 rings (SSSR count). The Morgan fingerprint density at radius 3 is 2.68 bits per heavy atom. The second-order valence-electron chi connectivity index (χ2n) is 6.21. The topological polar surface area (TPSA) is 58.4 Å². The number of fused-ring (bicyclic) bond motifs is 1. The predicted octanol–water partition coefficient (Wildman–Crippen LogP) is 2.95. The van der Waals surface area contributed by atoms with E-state index in [-0.39, 0.29) is 5.91 Å². The number of aromatic nitrogens is 2. The molecule has 1 aliphatic rings. The number of nitrogens with zero attached hydrogens (tertiary/aromatic N) is 3. The van der Waals surface area contributed by atoms with Gasteiger partial charge in [-0.25, -0.2) is 4.98 Å². The molecule has 25 heavy (non-hydrogen) atoms. The molecular weight excluding hydrogens is 314 g/mol. The summed E-state index contributed by atoms with van der Waals surface area (Å²) < 4.78 is 1.80. The van der Waals surface area contributed by atoms with E-state index in [1.807, 2.05) is 54.6 Å². The van der Waals surface area contributed by atoms with Gasteiger partial charge in [0.25, 0.3) is 5.91 Å². The highest BCUT2D eigenvalue weighted by molar-refractivity contribution is 5.93. The summed E-state index contributed by atoms with van der Waals surface area (Å²) >= 11 is 0. The molecule has 1 amide bonds. The molecule has 0 bridgehead atoms. The fourth-order valence-corrected chi connectivity index (χ4v) is 3.30. The van der Waals surface area contributed by atoms with E-state index in [4.69, 9.17) is 0 Å². The average molecular weight is 333 g/mol. The average Bonchev–Trinajstić information content (AvgIpc) is 3.08. The van der Waals surface area contributed by atoms with Crippen LogP contribution in [-0.4, -0.2) is 32.0 Å². The molecule has 5 heteroatoms. The van der Waals surface area contributed by atoms with E-state index in [2.05, 4.69) is 4.98 Å². The summed E-state index contributed by atoms with van der Waals surface area (Å²) in [6, 6.07) is 17.5. The van der Waals surface area contributed by atoms with E-state index < -0.39 is 6.10 Å². The van der Waals surface area contributed by atoms with Crippen LogP contribution >= 0.6 is 0 Å². The highest BCUT2D eigenvalue weighted by Gasteiger charge is 2.26. The minimum Gasteiger partial charge on any atom is -0.388 e. The lowest BCUT2D eigenvalue weighted by atomic mass is 10.0. The van der Waals surface area contributed by atoms with Crippen LogP contribution in [0.15, 0.2) is 67.1 Å². The Hall–Kier alpha value is -2.92. The minimum absolute atomic E-state index is 0.0785. The molecule has 0 aliphatic carbocycles. The number of hydrogen-bond donors (Lipinski definition) is 1. The summed E-state index contributed by atoms with van der Waals surface area (Å²) in [5.74, 6) is -0.0785.